The van der Waals surface area contributed by atoms with Gasteiger partial charge in [-0.1, -0.05) is 48.0 Å². The normalized spacial score (nSPS) is 22.7. The highest BCUT2D eigenvalue weighted by atomic mass is 16.5. The summed E-state index contributed by atoms with van der Waals surface area (Å²) in [4.78, 5) is 31.4. The summed E-state index contributed by atoms with van der Waals surface area (Å²) in [6.45, 7) is 4.82. The molecule has 0 N–H and O–H groups in total. The van der Waals surface area contributed by atoms with Crippen LogP contribution in [0.25, 0.3) is 0 Å². The van der Waals surface area contributed by atoms with Crippen LogP contribution in [-0.2, 0) is 14.3 Å². The van der Waals surface area contributed by atoms with Gasteiger partial charge in [0.2, 0.25) is 5.91 Å². The maximum Gasteiger partial charge on any atom is 0.254 e. The van der Waals surface area contributed by atoms with Gasteiger partial charge in [-0.25, -0.2) is 0 Å². The van der Waals surface area contributed by atoms with Crippen molar-refractivity contribution in [3.8, 4) is 0 Å². The highest BCUT2D eigenvalue weighted by Crippen LogP contribution is 2.31. The summed E-state index contributed by atoms with van der Waals surface area (Å²) >= 11 is 0. The first-order chi connectivity index (χ1) is 14.0. The summed E-state index contributed by atoms with van der Waals surface area (Å²) in [7, 11) is 1.75. The van der Waals surface area contributed by atoms with Crippen LogP contribution in [0.1, 0.15) is 17.2 Å². The highest BCUT2D eigenvalue weighted by Gasteiger charge is 2.42. The summed E-state index contributed by atoms with van der Waals surface area (Å²) in [5.41, 5.74) is 3.24. The Bertz CT molecular complexity index is 861. The minimum absolute atomic E-state index is 0.0392. The minimum Gasteiger partial charge on any atom is -0.368 e. The van der Waals surface area contributed by atoms with Crippen LogP contribution in [0.15, 0.2) is 54.6 Å². The second-order valence-corrected chi connectivity index (χ2v) is 7.74. The molecule has 4 rings (SSSR count). The molecule has 0 bridgehead atoms. The predicted molar refractivity (Wildman–Crippen MR) is 112 cm³/mol. The molecule has 0 aromatic heterocycles. The van der Waals surface area contributed by atoms with Gasteiger partial charge < -0.3 is 19.4 Å². The van der Waals surface area contributed by atoms with Crippen molar-refractivity contribution in [3.05, 3.63) is 65.7 Å². The first-order valence-corrected chi connectivity index (χ1v) is 10.1. The summed E-state index contributed by atoms with van der Waals surface area (Å²) in [6, 6.07) is 17.8. The number of ether oxygens (including phenoxy) is 1. The molecule has 0 radical (unpaired) electrons. The lowest BCUT2D eigenvalue weighted by molar-refractivity contribution is -0.167. The number of rotatable bonds is 3. The third-order valence-electron chi connectivity index (χ3n) is 5.86. The van der Waals surface area contributed by atoms with E-state index >= 15 is 0 Å². The SMILES string of the molecule is Cc1ccc([C@@H]2[C@H](C(=O)N3CCN(c4ccccc4)CC3)OCC(=O)N2C)cc1. The molecule has 0 aliphatic carbocycles. The molecule has 2 aliphatic rings. The summed E-state index contributed by atoms with van der Waals surface area (Å²) in [5.74, 6) is -0.142. The van der Waals surface area contributed by atoms with Crippen LogP contribution < -0.4 is 4.90 Å². The van der Waals surface area contributed by atoms with Gasteiger partial charge in [-0.05, 0) is 24.6 Å². The molecule has 2 amide bonds. The first kappa shape index (κ1) is 19.5. The second-order valence-electron chi connectivity index (χ2n) is 7.74. The van der Waals surface area contributed by atoms with Gasteiger partial charge in [0.15, 0.2) is 6.10 Å². The Morgan fingerprint density at radius 1 is 0.966 bits per heavy atom. The van der Waals surface area contributed by atoms with Crippen LogP contribution in [0.3, 0.4) is 0 Å². The first-order valence-electron chi connectivity index (χ1n) is 10.1. The van der Waals surface area contributed by atoms with Crippen molar-refractivity contribution in [1.29, 1.82) is 0 Å². The van der Waals surface area contributed by atoms with E-state index in [1.165, 1.54) is 5.69 Å². The second kappa shape index (κ2) is 8.25. The van der Waals surface area contributed by atoms with Crippen molar-refractivity contribution in [2.45, 2.75) is 19.1 Å². The lowest BCUT2D eigenvalue weighted by Crippen LogP contribution is -2.57. The highest BCUT2D eigenvalue weighted by molar-refractivity contribution is 5.86. The number of piperazine rings is 1. The number of morpholine rings is 1. The molecule has 6 heteroatoms. The Kier molecular flexibility index (Phi) is 5.53. The quantitative estimate of drug-likeness (QED) is 0.803. The number of hydrogen-bond acceptors (Lipinski definition) is 4. The molecule has 2 aromatic carbocycles. The van der Waals surface area contributed by atoms with Gasteiger partial charge in [0.1, 0.15) is 6.61 Å². The summed E-state index contributed by atoms with van der Waals surface area (Å²) in [5, 5.41) is 0. The van der Waals surface area contributed by atoms with E-state index in [1.54, 1.807) is 11.9 Å². The van der Waals surface area contributed by atoms with Gasteiger partial charge >= 0.3 is 0 Å². The van der Waals surface area contributed by atoms with Crippen molar-refractivity contribution >= 4 is 17.5 Å². The summed E-state index contributed by atoms with van der Waals surface area (Å²) in [6.07, 6.45) is -0.677. The van der Waals surface area contributed by atoms with Gasteiger partial charge in [-0.3, -0.25) is 9.59 Å². The largest absolute Gasteiger partial charge is 0.368 e. The minimum atomic E-state index is -0.677. The standard InChI is InChI=1S/C23H27N3O3/c1-17-8-10-18(11-9-17)21-22(29-16-20(27)24(21)2)23(28)26-14-12-25(13-15-26)19-6-4-3-5-7-19/h3-11,21-22H,12-16H2,1-2H3/t21-,22-/m1/s1. The lowest BCUT2D eigenvalue weighted by Gasteiger charge is -2.42. The van der Waals surface area contributed by atoms with Crippen molar-refractivity contribution in [2.24, 2.45) is 0 Å². The number of carbonyl (C=O) groups is 2. The Hall–Kier alpha value is -2.86. The zero-order chi connectivity index (χ0) is 20.4. The van der Waals surface area contributed by atoms with E-state index in [0.29, 0.717) is 13.1 Å². The number of nitrogens with zero attached hydrogens (tertiary/aromatic N) is 3. The van der Waals surface area contributed by atoms with Gasteiger partial charge in [0.05, 0.1) is 6.04 Å². The molecule has 152 valence electrons. The van der Waals surface area contributed by atoms with Gasteiger partial charge in [0.25, 0.3) is 5.91 Å². The number of amides is 2. The number of para-hydroxylation sites is 1. The third kappa shape index (κ3) is 3.98. The maximum absolute atomic E-state index is 13.3. The van der Waals surface area contributed by atoms with Gasteiger partial charge in [0, 0.05) is 38.9 Å². The van der Waals surface area contributed by atoms with Crippen molar-refractivity contribution < 1.29 is 14.3 Å². The van der Waals surface area contributed by atoms with E-state index in [4.69, 9.17) is 4.74 Å². The molecule has 2 atom stereocenters. The molecule has 2 aromatic rings. The molecule has 0 spiro atoms. The fourth-order valence-corrected chi connectivity index (χ4v) is 4.08. The number of likely N-dealkylation sites (N-methyl/N-ethyl adjacent to an activating group) is 1. The van der Waals surface area contributed by atoms with E-state index in [1.807, 2.05) is 54.3 Å². The number of benzene rings is 2. The average molecular weight is 393 g/mol. The zero-order valence-corrected chi connectivity index (χ0v) is 17.0. The smallest absolute Gasteiger partial charge is 0.254 e. The molecule has 29 heavy (non-hydrogen) atoms. The van der Waals surface area contributed by atoms with Crippen LogP contribution >= 0.6 is 0 Å². The number of hydrogen-bond donors (Lipinski definition) is 0. The molecule has 2 heterocycles. The van der Waals surface area contributed by atoms with Gasteiger partial charge in [-0.15, -0.1) is 0 Å². The van der Waals surface area contributed by atoms with Crippen LogP contribution in [0, 0.1) is 6.92 Å². The van der Waals surface area contributed by atoms with Crippen molar-refractivity contribution in [1.82, 2.24) is 9.80 Å². The fraction of sp³-hybridized carbons (Fsp3) is 0.391. The van der Waals surface area contributed by atoms with E-state index < -0.39 is 12.1 Å². The molecule has 2 fully saturated rings. The van der Waals surface area contributed by atoms with Crippen LogP contribution in [-0.4, -0.2) is 67.6 Å². The average Bonchev–Trinajstić information content (AvgIpc) is 2.76. The van der Waals surface area contributed by atoms with E-state index in [0.717, 1.165) is 24.2 Å². The summed E-state index contributed by atoms with van der Waals surface area (Å²) < 4.78 is 5.79. The molecular weight excluding hydrogens is 366 g/mol. The number of aryl methyl sites for hydroxylation is 1. The van der Waals surface area contributed by atoms with Crippen LogP contribution in [0.5, 0.6) is 0 Å². The fourth-order valence-electron chi connectivity index (χ4n) is 4.08. The van der Waals surface area contributed by atoms with Crippen LogP contribution in [0.2, 0.25) is 0 Å². The van der Waals surface area contributed by atoms with E-state index in [2.05, 4.69) is 17.0 Å². The van der Waals surface area contributed by atoms with E-state index in [9.17, 15) is 9.59 Å². The Morgan fingerprint density at radius 2 is 1.62 bits per heavy atom. The maximum atomic E-state index is 13.3. The zero-order valence-electron chi connectivity index (χ0n) is 17.0. The Labute approximate surface area is 171 Å². The molecule has 6 nitrogen and oxygen atoms in total. The molecule has 0 saturated carbocycles. The third-order valence-corrected chi connectivity index (χ3v) is 5.86. The van der Waals surface area contributed by atoms with Crippen LogP contribution in [0.4, 0.5) is 5.69 Å². The molecular formula is C23H27N3O3. The Morgan fingerprint density at radius 3 is 2.28 bits per heavy atom. The molecule has 2 aliphatic heterocycles. The monoisotopic (exact) mass is 393 g/mol. The predicted octanol–water partition coefficient (Wildman–Crippen LogP) is 2.24. The number of anilines is 1. The Balaban J connectivity index is 1.49. The topological polar surface area (TPSA) is 53.1 Å². The van der Waals surface area contributed by atoms with Crippen molar-refractivity contribution in [2.75, 3.05) is 44.7 Å². The van der Waals surface area contributed by atoms with Gasteiger partial charge in [-0.2, -0.15) is 0 Å². The lowest BCUT2D eigenvalue weighted by atomic mass is 9.96. The molecule has 2 saturated heterocycles. The number of carbonyl (C=O) groups excluding carboxylic acids is 2. The van der Waals surface area contributed by atoms with Crippen molar-refractivity contribution in [3.63, 3.8) is 0 Å². The molecule has 0 unspecified atom stereocenters. The van der Waals surface area contributed by atoms with E-state index in [-0.39, 0.29) is 18.4 Å².